The van der Waals surface area contributed by atoms with Gasteiger partial charge in [0.05, 0.1) is 18.2 Å². The predicted molar refractivity (Wildman–Crippen MR) is 127 cm³/mol. The summed E-state index contributed by atoms with van der Waals surface area (Å²) in [6.07, 6.45) is 11.7. The zero-order chi connectivity index (χ0) is 20.9. The zero-order valence-corrected chi connectivity index (χ0v) is 19.5. The third-order valence-electron chi connectivity index (χ3n) is 5.27. The maximum atomic E-state index is 6.58. The number of ether oxygens (including phenoxy) is 2. The van der Waals surface area contributed by atoms with Crippen LogP contribution in [-0.2, 0) is 0 Å². The molecule has 0 saturated heterocycles. The first-order valence-electron chi connectivity index (χ1n) is 11.3. The molecule has 0 aliphatic heterocycles. The molecule has 0 spiro atoms. The lowest BCUT2D eigenvalue weighted by atomic mass is 10.1. The van der Waals surface area contributed by atoms with Crippen molar-refractivity contribution < 1.29 is 9.47 Å². The second-order valence-electron chi connectivity index (χ2n) is 7.73. The van der Waals surface area contributed by atoms with E-state index in [0.717, 1.165) is 61.0 Å². The van der Waals surface area contributed by atoms with Gasteiger partial charge in [0.1, 0.15) is 11.5 Å². The lowest BCUT2D eigenvalue weighted by molar-refractivity contribution is 0.304. The maximum absolute atomic E-state index is 6.58. The van der Waals surface area contributed by atoms with E-state index >= 15 is 0 Å². The maximum Gasteiger partial charge on any atom is 0.138 e. The molecule has 0 heterocycles. The van der Waals surface area contributed by atoms with Crippen LogP contribution in [0.1, 0.15) is 78.1 Å². The highest BCUT2D eigenvalue weighted by Gasteiger charge is 2.08. The molecule has 1 atom stereocenters. The molecule has 2 aromatic carbocycles. The van der Waals surface area contributed by atoms with Crippen molar-refractivity contribution in [3.63, 3.8) is 0 Å². The molecular formula is C25H36Cl2O2. The highest BCUT2D eigenvalue weighted by atomic mass is 35.5. The van der Waals surface area contributed by atoms with Gasteiger partial charge in [-0.25, -0.2) is 0 Å². The van der Waals surface area contributed by atoms with Gasteiger partial charge in [-0.1, -0.05) is 63.6 Å². The van der Waals surface area contributed by atoms with Crippen molar-refractivity contribution >= 4 is 34.0 Å². The third-order valence-corrected chi connectivity index (χ3v) is 6.19. The summed E-state index contributed by atoms with van der Waals surface area (Å²) < 4.78 is 11.8. The van der Waals surface area contributed by atoms with E-state index in [0.29, 0.717) is 11.6 Å². The highest BCUT2D eigenvalue weighted by Crippen LogP contribution is 2.34. The van der Waals surface area contributed by atoms with Crippen LogP contribution in [0.4, 0.5) is 0 Å². The summed E-state index contributed by atoms with van der Waals surface area (Å²) in [6, 6.07) is 10.1. The van der Waals surface area contributed by atoms with E-state index in [1.54, 1.807) is 0 Å². The molecule has 0 radical (unpaired) electrons. The Bertz CT molecular complexity index is 717. The van der Waals surface area contributed by atoms with E-state index in [9.17, 15) is 0 Å². The molecule has 0 fully saturated rings. The van der Waals surface area contributed by atoms with Crippen molar-refractivity contribution in [2.75, 3.05) is 13.2 Å². The molecule has 162 valence electrons. The van der Waals surface area contributed by atoms with Crippen molar-refractivity contribution in [2.45, 2.75) is 83.4 Å². The minimum absolute atomic E-state index is 0.275. The van der Waals surface area contributed by atoms with Crippen LogP contribution in [0.3, 0.4) is 0 Å². The van der Waals surface area contributed by atoms with E-state index in [1.165, 1.54) is 32.1 Å². The first-order valence-corrected chi connectivity index (χ1v) is 12.1. The van der Waals surface area contributed by atoms with Crippen molar-refractivity contribution in [3.05, 3.63) is 35.4 Å². The Labute approximate surface area is 186 Å². The minimum atomic E-state index is 0.275. The van der Waals surface area contributed by atoms with Gasteiger partial charge < -0.3 is 9.47 Å². The van der Waals surface area contributed by atoms with E-state index < -0.39 is 0 Å². The molecule has 0 aromatic heterocycles. The molecule has 0 aliphatic carbocycles. The topological polar surface area (TPSA) is 18.5 Å². The number of hydrogen-bond acceptors (Lipinski definition) is 2. The first-order chi connectivity index (χ1) is 14.2. The summed E-state index contributed by atoms with van der Waals surface area (Å²) in [4.78, 5) is 0. The number of hydrogen-bond donors (Lipinski definition) is 0. The quantitative estimate of drug-likeness (QED) is 0.204. The van der Waals surface area contributed by atoms with E-state index in [4.69, 9.17) is 32.7 Å². The van der Waals surface area contributed by atoms with Gasteiger partial charge in [0.2, 0.25) is 0 Å². The molecule has 0 bridgehead atoms. The number of benzene rings is 2. The fourth-order valence-corrected chi connectivity index (χ4v) is 3.82. The Morgan fingerprint density at radius 2 is 1.55 bits per heavy atom. The SMILES string of the molecule is CCCCCCCCOc1ccc2c(Cl)c(OCCCCC(Cl)CC)ccc2c1. The molecule has 0 N–H and O–H groups in total. The Morgan fingerprint density at radius 1 is 0.828 bits per heavy atom. The Hall–Kier alpha value is -1.12. The van der Waals surface area contributed by atoms with Crippen LogP contribution in [-0.4, -0.2) is 18.6 Å². The molecule has 2 aromatic rings. The van der Waals surface area contributed by atoms with Crippen LogP contribution in [0.2, 0.25) is 5.02 Å². The second-order valence-corrected chi connectivity index (χ2v) is 8.72. The first kappa shape index (κ1) is 24.2. The highest BCUT2D eigenvalue weighted by molar-refractivity contribution is 6.37. The molecule has 4 heteroatoms. The van der Waals surface area contributed by atoms with Crippen LogP contribution in [0.5, 0.6) is 11.5 Å². The van der Waals surface area contributed by atoms with Crippen LogP contribution < -0.4 is 9.47 Å². The fraction of sp³-hybridized carbons (Fsp3) is 0.600. The largest absolute Gasteiger partial charge is 0.494 e. The summed E-state index contributed by atoms with van der Waals surface area (Å²) in [6.45, 7) is 5.80. The van der Waals surface area contributed by atoms with Crippen molar-refractivity contribution in [1.82, 2.24) is 0 Å². The third kappa shape index (κ3) is 8.64. The predicted octanol–water partition coefficient (Wildman–Crippen LogP) is 8.80. The molecule has 2 rings (SSSR count). The molecule has 2 nitrogen and oxygen atoms in total. The fourth-order valence-electron chi connectivity index (χ4n) is 3.38. The van der Waals surface area contributed by atoms with Crippen LogP contribution in [0.25, 0.3) is 10.8 Å². The Balaban J connectivity index is 1.80. The molecule has 0 amide bonds. The number of unbranched alkanes of at least 4 members (excludes halogenated alkanes) is 6. The summed E-state index contributed by atoms with van der Waals surface area (Å²) >= 11 is 12.7. The Kier molecular flexibility index (Phi) is 11.6. The van der Waals surface area contributed by atoms with Gasteiger partial charge in [0.25, 0.3) is 0 Å². The van der Waals surface area contributed by atoms with Crippen LogP contribution >= 0.6 is 23.2 Å². The zero-order valence-electron chi connectivity index (χ0n) is 18.0. The molecule has 29 heavy (non-hydrogen) atoms. The number of alkyl halides is 1. The lowest BCUT2D eigenvalue weighted by Crippen LogP contribution is -2.01. The number of rotatable bonds is 15. The molecule has 0 aliphatic rings. The van der Waals surface area contributed by atoms with Gasteiger partial charge in [0.15, 0.2) is 0 Å². The normalized spacial score (nSPS) is 12.3. The van der Waals surface area contributed by atoms with Gasteiger partial charge in [-0.2, -0.15) is 0 Å². The molecule has 1 unspecified atom stereocenters. The monoisotopic (exact) mass is 438 g/mol. The minimum Gasteiger partial charge on any atom is -0.494 e. The second kappa shape index (κ2) is 14.0. The Morgan fingerprint density at radius 3 is 2.34 bits per heavy atom. The average Bonchev–Trinajstić information content (AvgIpc) is 2.74. The van der Waals surface area contributed by atoms with E-state index in [2.05, 4.69) is 26.0 Å². The van der Waals surface area contributed by atoms with Gasteiger partial charge in [-0.15, -0.1) is 11.6 Å². The summed E-state index contributed by atoms with van der Waals surface area (Å²) in [5.74, 6) is 1.65. The van der Waals surface area contributed by atoms with Crippen LogP contribution in [0.15, 0.2) is 30.3 Å². The van der Waals surface area contributed by atoms with Crippen molar-refractivity contribution in [3.8, 4) is 11.5 Å². The summed E-state index contributed by atoms with van der Waals surface area (Å²) in [5, 5.41) is 3.03. The lowest BCUT2D eigenvalue weighted by Gasteiger charge is -2.12. The van der Waals surface area contributed by atoms with Crippen molar-refractivity contribution in [1.29, 1.82) is 0 Å². The summed E-state index contributed by atoms with van der Waals surface area (Å²) in [7, 11) is 0. The average molecular weight is 439 g/mol. The van der Waals surface area contributed by atoms with Gasteiger partial charge in [-0.05, 0) is 61.8 Å². The summed E-state index contributed by atoms with van der Waals surface area (Å²) in [5.41, 5.74) is 0. The van der Waals surface area contributed by atoms with E-state index in [1.807, 2.05) is 18.2 Å². The van der Waals surface area contributed by atoms with Gasteiger partial charge in [-0.3, -0.25) is 0 Å². The molecule has 0 saturated carbocycles. The number of fused-ring (bicyclic) bond motifs is 1. The smallest absolute Gasteiger partial charge is 0.138 e. The van der Waals surface area contributed by atoms with Gasteiger partial charge >= 0.3 is 0 Å². The van der Waals surface area contributed by atoms with Crippen molar-refractivity contribution in [2.24, 2.45) is 0 Å². The van der Waals surface area contributed by atoms with E-state index in [-0.39, 0.29) is 5.38 Å². The van der Waals surface area contributed by atoms with Crippen LogP contribution in [0, 0.1) is 0 Å². The standard InChI is InChI=1S/C25H36Cl2O2/c1-3-5-6-7-8-10-17-28-22-14-15-23-20(19-22)13-16-24(25(23)27)29-18-11-9-12-21(26)4-2/h13-16,19,21H,3-12,17-18H2,1-2H3. The van der Waals surface area contributed by atoms with Gasteiger partial charge in [0, 0.05) is 10.8 Å². The number of halogens is 2. The molecular weight excluding hydrogens is 403 g/mol.